The van der Waals surface area contributed by atoms with Crippen molar-refractivity contribution in [2.75, 3.05) is 0 Å². The van der Waals surface area contributed by atoms with Crippen LogP contribution in [0.4, 0.5) is 5.69 Å². The third kappa shape index (κ3) is 5.92. The van der Waals surface area contributed by atoms with Gasteiger partial charge >= 0.3 is 0 Å². The number of hydrogen-bond acceptors (Lipinski definition) is 6. The minimum atomic E-state index is -0.664. The van der Waals surface area contributed by atoms with Crippen LogP contribution in [-0.2, 0) is 4.79 Å². The van der Waals surface area contributed by atoms with Gasteiger partial charge in [0.25, 0.3) is 17.5 Å². The first-order chi connectivity index (χ1) is 15.4. The molecule has 0 saturated carbocycles. The Hall–Kier alpha value is -4.66. The summed E-state index contributed by atoms with van der Waals surface area (Å²) in [6, 6.07) is 19.3. The number of nitrogens with zero attached hydrogens (tertiary/aromatic N) is 3. The summed E-state index contributed by atoms with van der Waals surface area (Å²) in [5.74, 6) is -1.15. The van der Waals surface area contributed by atoms with Gasteiger partial charge in [-0.1, -0.05) is 24.3 Å². The molecule has 0 aliphatic heterocycles. The van der Waals surface area contributed by atoms with Crippen LogP contribution in [0.2, 0.25) is 0 Å². The molecule has 0 radical (unpaired) electrons. The van der Waals surface area contributed by atoms with Crippen molar-refractivity contribution >= 4 is 29.3 Å². The number of amides is 2. The highest BCUT2D eigenvalue weighted by molar-refractivity contribution is 6.06. The molecule has 1 heterocycles. The zero-order chi connectivity index (χ0) is 22.9. The predicted molar refractivity (Wildman–Crippen MR) is 120 cm³/mol. The number of carbonyl (C=O) groups is 2. The summed E-state index contributed by atoms with van der Waals surface area (Å²) in [5, 5.41) is 17.5. The van der Waals surface area contributed by atoms with Crippen LogP contribution in [0.1, 0.15) is 28.5 Å². The fourth-order valence-corrected chi connectivity index (χ4v) is 2.63. The number of pyridine rings is 1. The standard InChI is InChI=1S/C23H19N5O4/c1-16(20-9-5-6-14-24-20)26-27-23(30)21(25-22(29)18-7-3-2-4-8-18)15-17-10-12-19(13-11-17)28(31)32/h2-15H,1H3,(H,25,29)(H,27,30)/b21-15-,26-16?. The van der Waals surface area contributed by atoms with Gasteiger partial charge in [-0.05, 0) is 55.0 Å². The fraction of sp³-hybridized carbons (Fsp3) is 0.0435. The molecule has 2 aromatic carbocycles. The van der Waals surface area contributed by atoms with Gasteiger partial charge in [-0.15, -0.1) is 0 Å². The van der Waals surface area contributed by atoms with E-state index in [1.54, 1.807) is 61.7 Å². The minimum Gasteiger partial charge on any atom is -0.317 e. The van der Waals surface area contributed by atoms with Gasteiger partial charge < -0.3 is 5.32 Å². The molecule has 0 aliphatic carbocycles. The molecule has 0 bridgehead atoms. The van der Waals surface area contributed by atoms with E-state index in [0.29, 0.717) is 22.5 Å². The van der Waals surface area contributed by atoms with E-state index in [1.165, 1.54) is 30.3 Å². The molecule has 0 fully saturated rings. The topological polar surface area (TPSA) is 127 Å². The lowest BCUT2D eigenvalue weighted by Gasteiger charge is -2.10. The molecule has 0 atom stereocenters. The summed E-state index contributed by atoms with van der Waals surface area (Å²) >= 11 is 0. The molecule has 9 heteroatoms. The van der Waals surface area contributed by atoms with Crippen LogP contribution in [0.25, 0.3) is 6.08 Å². The van der Waals surface area contributed by atoms with Gasteiger partial charge in [-0.3, -0.25) is 24.7 Å². The van der Waals surface area contributed by atoms with Crippen molar-refractivity contribution < 1.29 is 14.5 Å². The van der Waals surface area contributed by atoms with Crippen LogP contribution in [0.15, 0.2) is 89.8 Å². The number of nitro groups is 1. The SMILES string of the molecule is CC(=NNC(=O)/C(=C/c1ccc([N+](=O)[O-])cc1)NC(=O)c1ccccc1)c1ccccn1. The molecule has 0 spiro atoms. The molecule has 0 saturated heterocycles. The average Bonchev–Trinajstić information content (AvgIpc) is 2.83. The number of nitrogens with one attached hydrogen (secondary N) is 2. The van der Waals surface area contributed by atoms with Crippen LogP contribution in [0.5, 0.6) is 0 Å². The van der Waals surface area contributed by atoms with Gasteiger partial charge in [-0.2, -0.15) is 5.10 Å². The molecule has 9 nitrogen and oxygen atoms in total. The number of hydrogen-bond donors (Lipinski definition) is 2. The van der Waals surface area contributed by atoms with E-state index < -0.39 is 16.7 Å². The van der Waals surface area contributed by atoms with E-state index >= 15 is 0 Å². The Morgan fingerprint density at radius 2 is 1.69 bits per heavy atom. The maximum absolute atomic E-state index is 12.8. The molecular formula is C23H19N5O4. The Bertz CT molecular complexity index is 1170. The molecule has 3 rings (SSSR count). The number of benzene rings is 2. The van der Waals surface area contributed by atoms with Crippen molar-refractivity contribution in [1.29, 1.82) is 0 Å². The Morgan fingerprint density at radius 1 is 1.00 bits per heavy atom. The van der Waals surface area contributed by atoms with Crippen molar-refractivity contribution in [2.24, 2.45) is 5.10 Å². The number of hydrazone groups is 1. The Kier molecular flexibility index (Phi) is 7.16. The summed E-state index contributed by atoms with van der Waals surface area (Å²) in [7, 11) is 0. The van der Waals surface area contributed by atoms with E-state index in [1.807, 2.05) is 0 Å². The Balaban J connectivity index is 1.86. The summed E-state index contributed by atoms with van der Waals surface area (Å²) < 4.78 is 0. The van der Waals surface area contributed by atoms with Gasteiger partial charge in [0, 0.05) is 23.9 Å². The van der Waals surface area contributed by atoms with Crippen LogP contribution in [-0.4, -0.2) is 27.4 Å². The monoisotopic (exact) mass is 429 g/mol. The lowest BCUT2D eigenvalue weighted by Crippen LogP contribution is -2.33. The number of carbonyl (C=O) groups excluding carboxylic acids is 2. The van der Waals surface area contributed by atoms with E-state index in [-0.39, 0.29) is 11.4 Å². The largest absolute Gasteiger partial charge is 0.317 e. The second-order valence-electron chi connectivity index (χ2n) is 6.58. The molecule has 0 unspecified atom stereocenters. The van der Waals surface area contributed by atoms with Crippen LogP contribution in [0, 0.1) is 10.1 Å². The van der Waals surface area contributed by atoms with Crippen molar-refractivity contribution in [1.82, 2.24) is 15.7 Å². The number of rotatable bonds is 7. The molecular weight excluding hydrogens is 410 g/mol. The Morgan fingerprint density at radius 3 is 2.31 bits per heavy atom. The molecule has 1 aromatic heterocycles. The first-order valence-electron chi connectivity index (χ1n) is 9.52. The van der Waals surface area contributed by atoms with Crippen molar-refractivity contribution in [3.63, 3.8) is 0 Å². The quantitative estimate of drug-likeness (QED) is 0.258. The second kappa shape index (κ2) is 10.4. The second-order valence-corrected chi connectivity index (χ2v) is 6.58. The summed E-state index contributed by atoms with van der Waals surface area (Å²) in [4.78, 5) is 39.9. The van der Waals surface area contributed by atoms with Crippen molar-refractivity contribution in [3.8, 4) is 0 Å². The van der Waals surface area contributed by atoms with Crippen molar-refractivity contribution in [2.45, 2.75) is 6.92 Å². The molecule has 2 amide bonds. The lowest BCUT2D eigenvalue weighted by atomic mass is 10.1. The first-order valence-corrected chi connectivity index (χ1v) is 9.52. The number of non-ortho nitro benzene ring substituents is 1. The average molecular weight is 429 g/mol. The van der Waals surface area contributed by atoms with Gasteiger partial charge in [0.1, 0.15) is 5.70 Å². The lowest BCUT2D eigenvalue weighted by molar-refractivity contribution is -0.384. The van der Waals surface area contributed by atoms with Gasteiger partial charge in [-0.25, -0.2) is 5.43 Å². The predicted octanol–water partition coefficient (Wildman–Crippen LogP) is 3.30. The highest BCUT2D eigenvalue weighted by Gasteiger charge is 2.15. The number of aromatic nitrogens is 1. The zero-order valence-corrected chi connectivity index (χ0v) is 17.1. The van der Waals surface area contributed by atoms with E-state index in [9.17, 15) is 19.7 Å². The van der Waals surface area contributed by atoms with Crippen molar-refractivity contribution in [3.05, 3.63) is 112 Å². The first kappa shape index (κ1) is 22.0. The third-order valence-electron chi connectivity index (χ3n) is 4.30. The molecule has 160 valence electrons. The zero-order valence-electron chi connectivity index (χ0n) is 17.1. The Labute approximate surface area is 183 Å². The molecule has 0 aliphatic rings. The van der Waals surface area contributed by atoms with Crippen LogP contribution >= 0.6 is 0 Å². The summed E-state index contributed by atoms with van der Waals surface area (Å²) in [6.45, 7) is 1.69. The van der Waals surface area contributed by atoms with E-state index in [4.69, 9.17) is 0 Å². The minimum absolute atomic E-state index is 0.0784. The van der Waals surface area contributed by atoms with Gasteiger partial charge in [0.2, 0.25) is 0 Å². The van der Waals surface area contributed by atoms with Gasteiger partial charge in [0.05, 0.1) is 16.3 Å². The van der Waals surface area contributed by atoms with E-state index in [0.717, 1.165) is 0 Å². The van der Waals surface area contributed by atoms with Gasteiger partial charge in [0.15, 0.2) is 0 Å². The molecule has 2 N–H and O–H groups in total. The maximum atomic E-state index is 12.8. The van der Waals surface area contributed by atoms with Crippen LogP contribution in [0.3, 0.4) is 0 Å². The summed E-state index contributed by atoms with van der Waals surface area (Å²) in [6.07, 6.45) is 3.02. The van der Waals surface area contributed by atoms with E-state index in [2.05, 4.69) is 20.8 Å². The number of nitro benzene ring substituents is 1. The van der Waals surface area contributed by atoms with Crippen LogP contribution < -0.4 is 10.7 Å². The summed E-state index contributed by atoms with van der Waals surface area (Å²) in [5.41, 5.74) is 4.15. The normalized spacial score (nSPS) is 11.5. The highest BCUT2D eigenvalue weighted by atomic mass is 16.6. The molecule has 32 heavy (non-hydrogen) atoms. The maximum Gasteiger partial charge on any atom is 0.287 e. The smallest absolute Gasteiger partial charge is 0.287 e. The highest BCUT2D eigenvalue weighted by Crippen LogP contribution is 2.14. The molecule has 3 aromatic rings. The third-order valence-corrected chi connectivity index (χ3v) is 4.30. The fourth-order valence-electron chi connectivity index (χ4n) is 2.63.